The van der Waals surface area contributed by atoms with Crippen molar-refractivity contribution >= 4 is 17.9 Å². The van der Waals surface area contributed by atoms with Crippen molar-refractivity contribution in [3.05, 3.63) is 42.0 Å². The molecule has 2 fully saturated rings. The first-order valence-electron chi connectivity index (χ1n) is 11.2. The monoisotopic (exact) mass is 413 g/mol. The van der Waals surface area contributed by atoms with Gasteiger partial charge in [0.05, 0.1) is 12.2 Å². The van der Waals surface area contributed by atoms with E-state index in [0.717, 1.165) is 44.5 Å². The molecule has 0 radical (unpaired) electrons. The lowest BCUT2D eigenvalue weighted by Crippen LogP contribution is -2.46. The Balaban J connectivity index is 1.32. The molecule has 2 unspecified atom stereocenters. The molecular weight excluding hydrogens is 378 g/mol. The third-order valence-corrected chi connectivity index (χ3v) is 5.84. The fourth-order valence-corrected chi connectivity index (χ4v) is 4.32. The maximum absolute atomic E-state index is 12.5. The average molecular weight is 414 g/mol. The van der Waals surface area contributed by atoms with Crippen LogP contribution in [0.3, 0.4) is 0 Å². The maximum atomic E-state index is 12.5. The fraction of sp³-hybridized carbons (Fsp3) is 0.583. The summed E-state index contributed by atoms with van der Waals surface area (Å²) in [5.41, 5.74) is 1.01. The molecule has 1 aromatic rings. The molecule has 164 valence electrons. The van der Waals surface area contributed by atoms with Gasteiger partial charge in [-0.3, -0.25) is 14.5 Å². The molecule has 6 heteroatoms. The number of morpholine rings is 1. The number of carbonyl (C=O) groups excluding carboxylic acids is 2. The molecule has 6 nitrogen and oxygen atoms in total. The summed E-state index contributed by atoms with van der Waals surface area (Å²) in [5.74, 6) is 0.160. The molecule has 0 saturated carbocycles. The molecule has 2 atom stereocenters. The van der Waals surface area contributed by atoms with Gasteiger partial charge in [0.15, 0.2) is 0 Å². The third-order valence-electron chi connectivity index (χ3n) is 5.84. The van der Waals surface area contributed by atoms with Crippen LogP contribution in [-0.4, -0.2) is 73.1 Å². The summed E-state index contributed by atoms with van der Waals surface area (Å²) in [6.07, 6.45) is 6.44. The van der Waals surface area contributed by atoms with Crippen LogP contribution in [-0.2, 0) is 14.3 Å². The van der Waals surface area contributed by atoms with E-state index in [2.05, 4.69) is 24.1 Å². The van der Waals surface area contributed by atoms with E-state index >= 15 is 0 Å². The van der Waals surface area contributed by atoms with Gasteiger partial charge in [0.2, 0.25) is 11.8 Å². The Morgan fingerprint density at radius 3 is 2.43 bits per heavy atom. The highest BCUT2D eigenvalue weighted by Gasteiger charge is 2.26. The van der Waals surface area contributed by atoms with Crippen molar-refractivity contribution in [2.75, 3.05) is 39.3 Å². The summed E-state index contributed by atoms with van der Waals surface area (Å²) < 4.78 is 5.76. The molecular formula is C24H35N3O3. The highest BCUT2D eigenvalue weighted by atomic mass is 16.5. The van der Waals surface area contributed by atoms with E-state index in [4.69, 9.17) is 4.74 Å². The van der Waals surface area contributed by atoms with Gasteiger partial charge < -0.3 is 15.0 Å². The van der Waals surface area contributed by atoms with Gasteiger partial charge in [-0.2, -0.15) is 0 Å². The normalized spacial score (nSPS) is 23.6. The summed E-state index contributed by atoms with van der Waals surface area (Å²) in [6.45, 7) is 9.11. The van der Waals surface area contributed by atoms with Crippen LogP contribution >= 0.6 is 0 Å². The van der Waals surface area contributed by atoms with Gasteiger partial charge in [-0.05, 0) is 44.7 Å². The highest BCUT2D eigenvalue weighted by Crippen LogP contribution is 2.18. The van der Waals surface area contributed by atoms with E-state index in [1.165, 1.54) is 0 Å². The minimum Gasteiger partial charge on any atom is -0.373 e. The van der Waals surface area contributed by atoms with Crippen LogP contribution in [0.2, 0.25) is 0 Å². The van der Waals surface area contributed by atoms with Gasteiger partial charge in [-0.1, -0.05) is 30.3 Å². The van der Waals surface area contributed by atoms with Crippen molar-refractivity contribution in [2.45, 2.75) is 45.3 Å². The summed E-state index contributed by atoms with van der Waals surface area (Å²) in [7, 11) is 0. The number of ether oxygens (including phenoxy) is 1. The van der Waals surface area contributed by atoms with Crippen molar-refractivity contribution in [1.29, 1.82) is 0 Å². The lowest BCUT2D eigenvalue weighted by molar-refractivity contribution is -0.132. The molecule has 1 aromatic carbocycles. The van der Waals surface area contributed by atoms with Crippen LogP contribution in [0.5, 0.6) is 0 Å². The molecule has 0 aromatic heterocycles. The molecule has 2 heterocycles. The Labute approximate surface area is 180 Å². The standard InChI is InChI=1S/C24H35N3O3/c1-19-17-26(18-20(2)30-19)14-6-13-25-24(29)22-11-15-27(16-12-22)23(28)10-9-21-7-4-3-5-8-21/h3-5,7-10,19-20,22H,6,11-18H2,1-2H3,(H,25,29)/b10-9+. The molecule has 2 aliphatic rings. The van der Waals surface area contributed by atoms with Crippen LogP contribution in [0.25, 0.3) is 6.08 Å². The molecule has 0 spiro atoms. The smallest absolute Gasteiger partial charge is 0.246 e. The van der Waals surface area contributed by atoms with E-state index in [1.54, 1.807) is 6.08 Å². The van der Waals surface area contributed by atoms with Crippen LogP contribution in [0.1, 0.15) is 38.7 Å². The van der Waals surface area contributed by atoms with Gasteiger partial charge in [0.1, 0.15) is 0 Å². The van der Waals surface area contributed by atoms with Crippen LogP contribution < -0.4 is 5.32 Å². The Kier molecular flexibility index (Phi) is 8.46. The second-order valence-electron chi connectivity index (χ2n) is 8.51. The maximum Gasteiger partial charge on any atom is 0.246 e. The lowest BCUT2D eigenvalue weighted by atomic mass is 9.95. The topological polar surface area (TPSA) is 61.9 Å². The van der Waals surface area contributed by atoms with Crippen molar-refractivity contribution in [3.63, 3.8) is 0 Å². The fourth-order valence-electron chi connectivity index (χ4n) is 4.32. The molecule has 2 amide bonds. The van der Waals surface area contributed by atoms with E-state index in [0.29, 0.717) is 19.6 Å². The van der Waals surface area contributed by atoms with Crippen LogP contribution in [0.4, 0.5) is 0 Å². The third kappa shape index (κ3) is 6.96. The Hall–Kier alpha value is -2.18. The molecule has 0 aliphatic carbocycles. The van der Waals surface area contributed by atoms with Crippen LogP contribution in [0.15, 0.2) is 36.4 Å². The SMILES string of the molecule is CC1CN(CCCNC(=O)C2CCN(C(=O)/C=C/c3ccccc3)CC2)CC(C)O1. The van der Waals surface area contributed by atoms with Crippen molar-refractivity contribution < 1.29 is 14.3 Å². The number of hydrogen-bond acceptors (Lipinski definition) is 4. The van der Waals surface area contributed by atoms with Gasteiger partial charge in [0, 0.05) is 51.3 Å². The van der Waals surface area contributed by atoms with Crippen molar-refractivity contribution in [1.82, 2.24) is 15.1 Å². The van der Waals surface area contributed by atoms with Crippen LogP contribution in [0, 0.1) is 5.92 Å². The number of benzene rings is 1. The summed E-state index contributed by atoms with van der Waals surface area (Å²) in [6, 6.07) is 9.81. The van der Waals surface area contributed by atoms with E-state index < -0.39 is 0 Å². The average Bonchev–Trinajstić information content (AvgIpc) is 2.75. The summed E-state index contributed by atoms with van der Waals surface area (Å²) in [4.78, 5) is 29.1. The molecule has 2 aliphatic heterocycles. The van der Waals surface area contributed by atoms with Gasteiger partial charge >= 0.3 is 0 Å². The van der Waals surface area contributed by atoms with Gasteiger partial charge in [-0.15, -0.1) is 0 Å². The zero-order chi connectivity index (χ0) is 21.3. The minimum absolute atomic E-state index is 0.00980. The molecule has 30 heavy (non-hydrogen) atoms. The number of nitrogens with zero attached hydrogens (tertiary/aromatic N) is 2. The zero-order valence-electron chi connectivity index (χ0n) is 18.3. The predicted molar refractivity (Wildman–Crippen MR) is 119 cm³/mol. The largest absolute Gasteiger partial charge is 0.373 e. The second kappa shape index (κ2) is 11.3. The summed E-state index contributed by atoms with van der Waals surface area (Å²) >= 11 is 0. The van der Waals surface area contributed by atoms with Gasteiger partial charge in [0.25, 0.3) is 0 Å². The quantitative estimate of drug-likeness (QED) is 0.551. The highest BCUT2D eigenvalue weighted by molar-refractivity contribution is 5.92. The van der Waals surface area contributed by atoms with E-state index in [1.807, 2.05) is 41.3 Å². The summed E-state index contributed by atoms with van der Waals surface area (Å²) in [5, 5.41) is 3.09. The molecule has 3 rings (SSSR count). The Morgan fingerprint density at radius 1 is 1.10 bits per heavy atom. The number of likely N-dealkylation sites (tertiary alicyclic amines) is 1. The number of piperidine rings is 1. The van der Waals surface area contributed by atoms with Crippen molar-refractivity contribution in [3.8, 4) is 0 Å². The number of nitrogens with one attached hydrogen (secondary N) is 1. The molecule has 2 saturated heterocycles. The van der Waals surface area contributed by atoms with E-state index in [-0.39, 0.29) is 29.9 Å². The number of carbonyl (C=O) groups is 2. The number of hydrogen-bond donors (Lipinski definition) is 1. The Bertz CT molecular complexity index is 704. The first-order chi connectivity index (χ1) is 14.5. The van der Waals surface area contributed by atoms with E-state index in [9.17, 15) is 9.59 Å². The van der Waals surface area contributed by atoms with Crippen molar-refractivity contribution in [2.24, 2.45) is 5.92 Å². The second-order valence-corrected chi connectivity index (χ2v) is 8.51. The first kappa shape index (κ1) is 22.5. The van der Waals surface area contributed by atoms with Gasteiger partial charge in [-0.25, -0.2) is 0 Å². The number of rotatable bonds is 7. The first-order valence-corrected chi connectivity index (χ1v) is 11.2. The minimum atomic E-state index is 0.00980. The number of amides is 2. The zero-order valence-corrected chi connectivity index (χ0v) is 18.3. The lowest BCUT2D eigenvalue weighted by Gasteiger charge is -2.35. The predicted octanol–water partition coefficient (Wildman–Crippen LogP) is 2.55. The molecule has 1 N–H and O–H groups in total. The molecule has 0 bridgehead atoms. The Morgan fingerprint density at radius 2 is 1.77 bits per heavy atom.